The first-order chi connectivity index (χ1) is 10.1. The van der Waals surface area contributed by atoms with E-state index in [1.54, 1.807) is 11.8 Å². The van der Waals surface area contributed by atoms with Crippen LogP contribution in [0.3, 0.4) is 0 Å². The number of rotatable bonds is 7. The van der Waals surface area contributed by atoms with E-state index in [1.807, 2.05) is 0 Å². The molecule has 0 atom stereocenters. The van der Waals surface area contributed by atoms with E-state index in [2.05, 4.69) is 55.2 Å². The SMILES string of the molecule is CCC(CC)(CN)c1nc(CSc2ccc(C)cc2)no1. The van der Waals surface area contributed by atoms with E-state index in [1.165, 1.54) is 10.5 Å². The zero-order valence-corrected chi connectivity index (χ0v) is 13.7. The zero-order chi connectivity index (χ0) is 15.3. The molecule has 21 heavy (non-hydrogen) atoms. The van der Waals surface area contributed by atoms with Crippen molar-refractivity contribution in [3.63, 3.8) is 0 Å². The van der Waals surface area contributed by atoms with Crippen molar-refractivity contribution in [2.24, 2.45) is 5.73 Å². The number of hydrogen-bond acceptors (Lipinski definition) is 5. The Morgan fingerprint density at radius 3 is 2.43 bits per heavy atom. The van der Waals surface area contributed by atoms with Gasteiger partial charge in [0.2, 0.25) is 5.89 Å². The molecule has 1 aromatic carbocycles. The van der Waals surface area contributed by atoms with Crippen LogP contribution in [-0.4, -0.2) is 16.7 Å². The Bertz CT molecular complexity index is 553. The van der Waals surface area contributed by atoms with Gasteiger partial charge in [-0.15, -0.1) is 11.8 Å². The van der Waals surface area contributed by atoms with Gasteiger partial charge in [-0.05, 0) is 31.9 Å². The van der Waals surface area contributed by atoms with Crippen molar-refractivity contribution in [1.82, 2.24) is 10.1 Å². The van der Waals surface area contributed by atoms with Crippen molar-refractivity contribution in [1.29, 1.82) is 0 Å². The number of aromatic nitrogens is 2. The van der Waals surface area contributed by atoms with Gasteiger partial charge in [-0.3, -0.25) is 0 Å². The average Bonchev–Trinajstić information content (AvgIpc) is 2.99. The largest absolute Gasteiger partial charge is 0.339 e. The molecule has 0 saturated heterocycles. The molecular formula is C16H23N3OS. The second-order valence-electron chi connectivity index (χ2n) is 5.31. The second kappa shape index (κ2) is 7.09. The monoisotopic (exact) mass is 305 g/mol. The van der Waals surface area contributed by atoms with Crippen LogP contribution in [0.2, 0.25) is 0 Å². The molecule has 2 N–H and O–H groups in total. The van der Waals surface area contributed by atoms with Crippen LogP contribution in [0.25, 0.3) is 0 Å². The molecule has 5 heteroatoms. The average molecular weight is 305 g/mol. The van der Waals surface area contributed by atoms with Crippen LogP contribution in [-0.2, 0) is 11.2 Å². The van der Waals surface area contributed by atoms with Crippen molar-refractivity contribution in [2.75, 3.05) is 6.54 Å². The van der Waals surface area contributed by atoms with Gasteiger partial charge in [-0.2, -0.15) is 4.98 Å². The van der Waals surface area contributed by atoms with E-state index in [0.717, 1.165) is 18.7 Å². The molecule has 1 heterocycles. The lowest BCUT2D eigenvalue weighted by Crippen LogP contribution is -2.34. The molecular weight excluding hydrogens is 282 g/mol. The fourth-order valence-corrected chi connectivity index (χ4v) is 2.98. The summed E-state index contributed by atoms with van der Waals surface area (Å²) in [6, 6.07) is 8.45. The summed E-state index contributed by atoms with van der Waals surface area (Å²) < 4.78 is 5.46. The molecule has 0 fully saturated rings. The van der Waals surface area contributed by atoms with Crippen LogP contribution in [0.5, 0.6) is 0 Å². The predicted octanol–water partition coefficient (Wildman–Crippen LogP) is 3.69. The molecule has 0 aliphatic heterocycles. The summed E-state index contributed by atoms with van der Waals surface area (Å²) in [5.74, 6) is 2.12. The Kier molecular flexibility index (Phi) is 5.42. The third-order valence-corrected chi connectivity index (χ3v) is 5.06. The van der Waals surface area contributed by atoms with Gasteiger partial charge >= 0.3 is 0 Å². The molecule has 114 valence electrons. The van der Waals surface area contributed by atoms with E-state index in [4.69, 9.17) is 10.3 Å². The molecule has 0 saturated carbocycles. The Balaban J connectivity index is 2.04. The summed E-state index contributed by atoms with van der Waals surface area (Å²) in [4.78, 5) is 5.76. The highest BCUT2D eigenvalue weighted by Gasteiger charge is 2.33. The molecule has 0 aliphatic rings. The third kappa shape index (κ3) is 3.66. The summed E-state index contributed by atoms with van der Waals surface area (Å²) in [5, 5.41) is 4.10. The maximum Gasteiger partial charge on any atom is 0.234 e. The van der Waals surface area contributed by atoms with Gasteiger partial charge < -0.3 is 10.3 Å². The highest BCUT2D eigenvalue weighted by Crippen LogP contribution is 2.30. The van der Waals surface area contributed by atoms with Crippen molar-refractivity contribution in [3.05, 3.63) is 41.5 Å². The summed E-state index contributed by atoms with van der Waals surface area (Å²) in [6.07, 6.45) is 1.82. The van der Waals surface area contributed by atoms with E-state index in [0.29, 0.717) is 18.2 Å². The first-order valence-corrected chi connectivity index (χ1v) is 8.34. The van der Waals surface area contributed by atoms with Crippen LogP contribution >= 0.6 is 11.8 Å². The number of aryl methyl sites for hydroxylation is 1. The van der Waals surface area contributed by atoms with Crippen molar-refractivity contribution in [2.45, 2.75) is 49.7 Å². The smallest absolute Gasteiger partial charge is 0.234 e. The summed E-state index contributed by atoms with van der Waals surface area (Å²) in [6.45, 7) is 6.84. The highest BCUT2D eigenvalue weighted by atomic mass is 32.2. The molecule has 0 bridgehead atoms. The first-order valence-electron chi connectivity index (χ1n) is 7.36. The van der Waals surface area contributed by atoms with Gasteiger partial charge in [0, 0.05) is 11.4 Å². The lowest BCUT2D eigenvalue weighted by atomic mass is 9.82. The standard InChI is InChI=1S/C16H23N3OS/c1-4-16(5-2,11-17)15-18-14(19-20-15)10-21-13-8-6-12(3)7-9-13/h6-9H,4-5,10-11,17H2,1-3H3. The maximum absolute atomic E-state index is 5.92. The molecule has 0 amide bonds. The van der Waals surface area contributed by atoms with Crippen molar-refractivity contribution in [3.8, 4) is 0 Å². The number of benzene rings is 1. The topological polar surface area (TPSA) is 64.9 Å². The minimum Gasteiger partial charge on any atom is -0.339 e. The number of hydrogen-bond donors (Lipinski definition) is 1. The normalized spacial score (nSPS) is 11.8. The minimum absolute atomic E-state index is 0.181. The molecule has 4 nitrogen and oxygen atoms in total. The lowest BCUT2D eigenvalue weighted by molar-refractivity contribution is 0.266. The molecule has 0 aliphatic carbocycles. The van der Waals surface area contributed by atoms with Crippen LogP contribution in [0.1, 0.15) is 44.0 Å². The van der Waals surface area contributed by atoms with Crippen LogP contribution in [0.15, 0.2) is 33.7 Å². The summed E-state index contributed by atoms with van der Waals surface area (Å²) in [5.41, 5.74) is 7.00. The number of nitrogens with zero attached hydrogens (tertiary/aromatic N) is 2. The fraction of sp³-hybridized carbons (Fsp3) is 0.500. The van der Waals surface area contributed by atoms with Gasteiger partial charge in [0.1, 0.15) is 0 Å². The molecule has 0 spiro atoms. The van der Waals surface area contributed by atoms with E-state index >= 15 is 0 Å². The van der Waals surface area contributed by atoms with Crippen molar-refractivity contribution >= 4 is 11.8 Å². The molecule has 0 unspecified atom stereocenters. The lowest BCUT2D eigenvalue weighted by Gasteiger charge is -2.24. The fourth-order valence-electron chi connectivity index (χ4n) is 2.24. The van der Waals surface area contributed by atoms with Gasteiger partial charge in [-0.25, -0.2) is 0 Å². The van der Waals surface area contributed by atoms with Crippen LogP contribution in [0, 0.1) is 6.92 Å². The van der Waals surface area contributed by atoms with Crippen molar-refractivity contribution < 1.29 is 4.52 Å². The highest BCUT2D eigenvalue weighted by molar-refractivity contribution is 7.98. The van der Waals surface area contributed by atoms with Crippen LogP contribution in [0.4, 0.5) is 0 Å². The molecule has 2 rings (SSSR count). The third-order valence-electron chi connectivity index (χ3n) is 4.05. The van der Waals surface area contributed by atoms with Gasteiger partial charge in [0.25, 0.3) is 0 Å². The zero-order valence-electron chi connectivity index (χ0n) is 12.9. The molecule has 0 radical (unpaired) electrons. The Morgan fingerprint density at radius 1 is 1.19 bits per heavy atom. The van der Waals surface area contributed by atoms with E-state index in [9.17, 15) is 0 Å². The predicted molar refractivity (Wildman–Crippen MR) is 86.4 cm³/mol. The number of nitrogens with two attached hydrogens (primary N) is 1. The first kappa shape index (κ1) is 16.0. The summed E-state index contributed by atoms with van der Waals surface area (Å²) >= 11 is 1.71. The van der Waals surface area contributed by atoms with Gasteiger partial charge in [0.15, 0.2) is 5.82 Å². The maximum atomic E-state index is 5.92. The van der Waals surface area contributed by atoms with Gasteiger partial charge in [-0.1, -0.05) is 36.7 Å². The molecule has 1 aromatic heterocycles. The Hall–Kier alpha value is -1.33. The Morgan fingerprint density at radius 2 is 1.86 bits per heavy atom. The Labute approximate surface area is 130 Å². The second-order valence-corrected chi connectivity index (χ2v) is 6.36. The molecule has 2 aromatic rings. The van der Waals surface area contributed by atoms with Crippen LogP contribution < -0.4 is 5.73 Å². The summed E-state index contributed by atoms with van der Waals surface area (Å²) in [7, 11) is 0. The van der Waals surface area contributed by atoms with E-state index < -0.39 is 0 Å². The minimum atomic E-state index is -0.181. The van der Waals surface area contributed by atoms with E-state index in [-0.39, 0.29) is 5.41 Å². The number of thioether (sulfide) groups is 1. The quantitative estimate of drug-likeness (QED) is 0.790. The van der Waals surface area contributed by atoms with Gasteiger partial charge in [0.05, 0.1) is 11.2 Å².